The van der Waals surface area contributed by atoms with E-state index in [1.165, 1.54) is 31.0 Å². The van der Waals surface area contributed by atoms with Crippen molar-refractivity contribution in [2.75, 3.05) is 13.7 Å². The molecule has 1 aromatic carbocycles. The maximum Gasteiger partial charge on any atom is 0.459 e. The number of benzene rings is 1. The number of carbonyl (C=O) groups excluding carboxylic acids is 2. The number of amides is 1. The monoisotopic (exact) mass is 549 g/mol. The van der Waals surface area contributed by atoms with Crippen molar-refractivity contribution in [2.24, 2.45) is 5.73 Å². The molecule has 14 nitrogen and oxygen atoms in total. The van der Waals surface area contributed by atoms with Crippen molar-refractivity contribution < 1.29 is 42.9 Å². The smallest absolute Gasteiger partial charge is 0.459 e. The van der Waals surface area contributed by atoms with Gasteiger partial charge in [0.05, 0.1) is 24.7 Å². The van der Waals surface area contributed by atoms with Gasteiger partial charge in [-0.25, -0.2) is 14.5 Å². The molecule has 1 fully saturated rings. The Morgan fingerprint density at radius 1 is 1.26 bits per heavy atom. The number of primary amides is 1. The summed E-state index contributed by atoms with van der Waals surface area (Å²) in [7, 11) is -3.05. The molecule has 2 aromatic heterocycles. The third-order valence-corrected chi connectivity index (χ3v) is 7.50. The molecule has 0 bridgehead atoms. The molecule has 0 saturated carbocycles. The Morgan fingerprint density at radius 3 is 2.63 bits per heavy atom. The second-order valence-corrected chi connectivity index (χ2v) is 10.3. The van der Waals surface area contributed by atoms with Gasteiger partial charge in [-0.05, 0) is 26.0 Å². The summed E-state index contributed by atoms with van der Waals surface area (Å²) in [5.41, 5.74) is 5.85. The van der Waals surface area contributed by atoms with Gasteiger partial charge in [0.25, 0.3) is 5.91 Å². The predicted octanol–water partition coefficient (Wildman–Crippen LogP) is 0.813. The lowest BCUT2D eigenvalue weighted by molar-refractivity contribution is -0.142. The van der Waals surface area contributed by atoms with E-state index in [9.17, 15) is 24.4 Å². The van der Waals surface area contributed by atoms with Crippen LogP contribution in [0, 0.1) is 6.92 Å². The molecule has 1 saturated heterocycles. The van der Waals surface area contributed by atoms with Crippen molar-refractivity contribution in [3.63, 3.8) is 0 Å². The summed E-state index contributed by atoms with van der Waals surface area (Å²) in [6.07, 6.45) is -2.56. The SMILES string of the molecule is COC(=O)[C@H](C)NP(=O)(OC[C@H]1O[C@@H](n2cc(C(N)=O)c3cnc(C)nc32)[C@H](O)[C@@H]1O)Oc1ccccc1. The van der Waals surface area contributed by atoms with Crippen molar-refractivity contribution >= 4 is 30.7 Å². The van der Waals surface area contributed by atoms with Gasteiger partial charge in [-0.2, -0.15) is 5.09 Å². The van der Waals surface area contributed by atoms with Gasteiger partial charge >= 0.3 is 13.7 Å². The number of hydrogen-bond acceptors (Lipinski definition) is 11. The van der Waals surface area contributed by atoms with Gasteiger partial charge in [-0.15, -0.1) is 0 Å². The molecule has 0 spiro atoms. The minimum atomic E-state index is -4.22. The third kappa shape index (κ3) is 5.70. The Kier molecular flexibility index (Phi) is 8.11. The number of aryl methyl sites for hydroxylation is 1. The molecule has 38 heavy (non-hydrogen) atoms. The maximum atomic E-state index is 13.6. The third-order valence-electron chi connectivity index (χ3n) is 5.85. The van der Waals surface area contributed by atoms with Gasteiger partial charge in [-0.1, -0.05) is 18.2 Å². The standard InChI is InChI=1S/C23H28N5O9P/c1-12(23(32)34-3)27-38(33,37-14-7-5-4-6-8-14)35-11-17-18(29)19(30)22(36-17)28-10-16(20(24)31)15-9-25-13(2)26-21(15)28/h4-10,12,17-19,22,29-30H,11H2,1-3H3,(H2,24,31)(H,27,33)/t12-,17+,18+,19+,22+,38?/m0/s1. The Hall–Kier alpha value is -3.39. The lowest BCUT2D eigenvalue weighted by atomic mass is 10.1. The van der Waals surface area contributed by atoms with Gasteiger partial charge in [0.15, 0.2) is 6.23 Å². The summed E-state index contributed by atoms with van der Waals surface area (Å²) in [4.78, 5) is 32.3. The van der Waals surface area contributed by atoms with E-state index < -0.39 is 56.8 Å². The van der Waals surface area contributed by atoms with Crippen LogP contribution in [-0.2, 0) is 23.4 Å². The van der Waals surface area contributed by atoms with E-state index in [4.69, 9.17) is 19.5 Å². The molecule has 1 unspecified atom stereocenters. The van der Waals surface area contributed by atoms with Gasteiger partial charge in [0, 0.05) is 12.4 Å². The highest BCUT2D eigenvalue weighted by Crippen LogP contribution is 2.46. The Morgan fingerprint density at radius 2 is 1.97 bits per heavy atom. The van der Waals surface area contributed by atoms with Crippen LogP contribution in [0.15, 0.2) is 42.7 Å². The molecule has 0 aliphatic carbocycles. The van der Waals surface area contributed by atoms with Crippen molar-refractivity contribution in [3.05, 3.63) is 54.1 Å². The van der Waals surface area contributed by atoms with Crippen LogP contribution in [0.1, 0.15) is 29.3 Å². The highest BCUT2D eigenvalue weighted by atomic mass is 31.2. The fourth-order valence-electron chi connectivity index (χ4n) is 3.95. The quantitative estimate of drug-likeness (QED) is 0.205. The van der Waals surface area contributed by atoms with E-state index in [1.54, 1.807) is 37.3 Å². The van der Waals surface area contributed by atoms with Gasteiger partial charge in [-0.3, -0.25) is 14.1 Å². The molecule has 3 heterocycles. The minimum absolute atomic E-state index is 0.103. The summed E-state index contributed by atoms with van der Waals surface area (Å²) < 4.78 is 36.5. The van der Waals surface area contributed by atoms with E-state index in [-0.39, 0.29) is 17.0 Å². The molecule has 1 amide bonds. The second kappa shape index (κ2) is 11.2. The molecule has 3 aromatic rings. The maximum absolute atomic E-state index is 13.6. The zero-order valence-electron chi connectivity index (χ0n) is 20.8. The van der Waals surface area contributed by atoms with Crippen LogP contribution < -0.4 is 15.3 Å². The number of nitrogens with two attached hydrogens (primary N) is 1. The molecule has 204 valence electrons. The van der Waals surface area contributed by atoms with Crippen LogP contribution in [0.5, 0.6) is 5.75 Å². The predicted molar refractivity (Wildman–Crippen MR) is 132 cm³/mol. The molecule has 4 rings (SSSR count). The van der Waals surface area contributed by atoms with Crippen LogP contribution in [0.2, 0.25) is 0 Å². The summed E-state index contributed by atoms with van der Waals surface area (Å²) >= 11 is 0. The Balaban J connectivity index is 1.56. The summed E-state index contributed by atoms with van der Waals surface area (Å²) in [6, 6.07) is 7.05. The number of carbonyl (C=O) groups is 2. The molecule has 0 radical (unpaired) electrons. The van der Waals surface area contributed by atoms with Gasteiger partial charge in [0.1, 0.15) is 41.6 Å². The lowest BCUT2D eigenvalue weighted by Gasteiger charge is -2.24. The first-order valence-corrected chi connectivity index (χ1v) is 13.1. The second-order valence-electron chi connectivity index (χ2n) is 8.59. The van der Waals surface area contributed by atoms with Crippen molar-refractivity contribution in [3.8, 4) is 5.75 Å². The zero-order chi connectivity index (χ0) is 27.6. The fraction of sp³-hybridized carbons (Fsp3) is 0.391. The number of esters is 1. The van der Waals surface area contributed by atoms with E-state index in [0.717, 1.165) is 0 Å². The first-order chi connectivity index (χ1) is 18.0. The van der Waals surface area contributed by atoms with Crippen LogP contribution in [0.4, 0.5) is 0 Å². The molecular formula is C23H28N5O9P. The highest BCUT2D eigenvalue weighted by molar-refractivity contribution is 7.52. The number of ether oxygens (including phenoxy) is 2. The average Bonchev–Trinajstić information content (AvgIpc) is 3.39. The molecule has 1 aliphatic rings. The van der Waals surface area contributed by atoms with E-state index in [1.807, 2.05) is 0 Å². The number of nitrogens with one attached hydrogen (secondary N) is 1. The lowest BCUT2D eigenvalue weighted by Crippen LogP contribution is -2.37. The number of aromatic nitrogens is 3. The number of fused-ring (bicyclic) bond motifs is 1. The summed E-state index contributed by atoms with van der Waals surface area (Å²) in [5, 5.41) is 24.3. The largest absolute Gasteiger partial charge is 0.468 e. The summed E-state index contributed by atoms with van der Waals surface area (Å²) in [6.45, 7) is 2.55. The number of methoxy groups -OCH3 is 1. The van der Waals surface area contributed by atoms with Crippen molar-refractivity contribution in [1.82, 2.24) is 19.6 Å². The van der Waals surface area contributed by atoms with Gasteiger partial charge in [0.2, 0.25) is 0 Å². The number of aliphatic hydroxyl groups is 2. The highest BCUT2D eigenvalue weighted by Gasteiger charge is 2.46. The normalized spacial score (nSPS) is 23.6. The first-order valence-electron chi connectivity index (χ1n) is 11.5. The molecular weight excluding hydrogens is 521 g/mol. The van der Waals surface area contributed by atoms with E-state index in [0.29, 0.717) is 11.2 Å². The van der Waals surface area contributed by atoms with Crippen LogP contribution in [0.25, 0.3) is 11.0 Å². The Labute approximate surface area is 217 Å². The molecule has 1 aliphatic heterocycles. The number of aliphatic hydroxyl groups excluding tert-OH is 2. The van der Waals surface area contributed by atoms with Crippen molar-refractivity contribution in [1.29, 1.82) is 0 Å². The van der Waals surface area contributed by atoms with Crippen LogP contribution >= 0.6 is 7.75 Å². The Bertz CT molecular complexity index is 1370. The van der Waals surface area contributed by atoms with Gasteiger partial charge < -0.3 is 34.5 Å². The number of nitrogens with zero attached hydrogens (tertiary/aromatic N) is 3. The summed E-state index contributed by atoms with van der Waals surface area (Å²) in [5.74, 6) is -0.858. The number of rotatable bonds is 10. The number of hydrogen-bond donors (Lipinski definition) is 4. The first kappa shape index (κ1) is 27.6. The van der Waals surface area contributed by atoms with E-state index >= 15 is 0 Å². The zero-order valence-corrected chi connectivity index (χ0v) is 21.6. The molecule has 5 N–H and O–H groups in total. The average molecular weight is 549 g/mol. The van der Waals surface area contributed by atoms with Crippen LogP contribution in [-0.4, -0.2) is 74.7 Å². The fourth-order valence-corrected chi connectivity index (χ4v) is 5.45. The van der Waals surface area contributed by atoms with E-state index in [2.05, 4.69) is 19.8 Å². The van der Waals surface area contributed by atoms with Crippen LogP contribution in [0.3, 0.4) is 0 Å². The minimum Gasteiger partial charge on any atom is -0.468 e. The molecule has 15 heteroatoms. The van der Waals surface area contributed by atoms with Crippen molar-refractivity contribution in [2.45, 2.75) is 44.4 Å². The topological polar surface area (TPSA) is 197 Å². The number of para-hydroxylation sites is 1. The molecule has 6 atom stereocenters.